The average molecular weight is 653 g/mol. The van der Waals surface area contributed by atoms with Crippen molar-refractivity contribution < 1.29 is 33.5 Å². The second kappa shape index (κ2) is 13.4. The second-order valence-electron chi connectivity index (χ2n) is 16.0. The van der Waals surface area contributed by atoms with Gasteiger partial charge in [0.05, 0.1) is 6.04 Å². The zero-order valence-corrected chi connectivity index (χ0v) is 29.1. The molecule has 1 saturated heterocycles. The van der Waals surface area contributed by atoms with Crippen LogP contribution in [0.4, 0.5) is 4.79 Å². The monoisotopic (exact) mass is 652 g/mol. The Kier molecular flexibility index (Phi) is 10.3. The molecule has 0 spiro atoms. The number of primary amides is 1. The Morgan fingerprint density at radius 1 is 1.02 bits per heavy atom. The Morgan fingerprint density at radius 3 is 2.17 bits per heavy atom. The van der Waals surface area contributed by atoms with Gasteiger partial charge in [-0.15, -0.1) is 0 Å². The quantitative estimate of drug-likeness (QED) is 0.203. The molecule has 1 unspecified atom stereocenters. The number of ether oxygens (including phenoxy) is 1. The number of rotatable bonds is 14. The van der Waals surface area contributed by atoms with Gasteiger partial charge in [-0.3, -0.25) is 19.2 Å². The number of likely N-dealkylation sites (tertiary alicyclic amines) is 1. The normalized spacial score (nSPS) is 23.9. The molecule has 6 atom stereocenters. The highest BCUT2D eigenvalue weighted by Crippen LogP contribution is 2.65. The van der Waals surface area contributed by atoms with E-state index in [1.807, 2.05) is 51.1 Å². The van der Waals surface area contributed by atoms with Gasteiger partial charge < -0.3 is 26.0 Å². The van der Waals surface area contributed by atoms with Crippen LogP contribution in [-0.4, -0.2) is 64.4 Å². The SMILES string of the molecule is CC(C)[C@](C)(NC(=O)N[C@H](C(=O)N1C[C@H]2[C@@H]([C@H]1C(=O)CC(CC1CC1)C(=O)C(N)=O)C2(C)C)C(C)(C)C)C(=O)OCc1ccccc1. The minimum atomic E-state index is -1.40. The first kappa shape index (κ1) is 36.1. The van der Waals surface area contributed by atoms with Crippen molar-refractivity contribution in [1.82, 2.24) is 15.5 Å². The highest BCUT2D eigenvalue weighted by Gasteiger charge is 2.69. The third kappa shape index (κ3) is 7.87. The number of amides is 4. The molecule has 0 radical (unpaired) electrons. The van der Waals surface area contributed by atoms with Crippen LogP contribution in [0.2, 0.25) is 0 Å². The number of nitrogens with two attached hydrogens (primary N) is 1. The van der Waals surface area contributed by atoms with E-state index in [4.69, 9.17) is 10.5 Å². The number of ketones is 2. The average Bonchev–Trinajstić information content (AvgIpc) is 3.84. The zero-order chi connectivity index (χ0) is 35.1. The van der Waals surface area contributed by atoms with Crippen molar-refractivity contribution in [3.8, 4) is 0 Å². The van der Waals surface area contributed by atoms with E-state index in [1.165, 1.54) is 0 Å². The van der Waals surface area contributed by atoms with E-state index in [9.17, 15) is 28.8 Å². The minimum Gasteiger partial charge on any atom is -0.459 e. The van der Waals surface area contributed by atoms with Crippen LogP contribution in [0.1, 0.15) is 86.6 Å². The van der Waals surface area contributed by atoms with Crippen molar-refractivity contribution in [3.05, 3.63) is 35.9 Å². The maximum Gasteiger partial charge on any atom is 0.332 e. The van der Waals surface area contributed by atoms with Crippen molar-refractivity contribution in [1.29, 1.82) is 0 Å². The van der Waals surface area contributed by atoms with Crippen LogP contribution in [0.25, 0.3) is 0 Å². The molecule has 1 aromatic carbocycles. The molecule has 2 aliphatic carbocycles. The molecule has 258 valence electrons. The number of hydrogen-bond donors (Lipinski definition) is 3. The predicted octanol–water partition coefficient (Wildman–Crippen LogP) is 3.77. The van der Waals surface area contributed by atoms with Crippen LogP contribution in [-0.2, 0) is 35.3 Å². The third-order valence-electron chi connectivity index (χ3n) is 10.8. The number of esters is 1. The molecule has 0 aromatic heterocycles. The molecule has 3 fully saturated rings. The molecule has 1 aromatic rings. The standard InChI is InChI=1S/C36H52N4O7/c1-20(2)36(8,32(45)47-19-22-12-10-9-11-13-22)39-33(46)38-29(34(3,4)5)31(44)40-18-24-26(35(24,6)7)27(40)25(41)17-23(16-21-14-15-21)28(42)30(37)43/h9-13,20-21,23-24,26-27,29H,14-19H2,1-8H3,(H2,37,43)(H2,38,39,46)/t23?,24-,26-,27+,29+,36-/m0/s1. The number of benzene rings is 1. The molecular weight excluding hydrogens is 600 g/mol. The Hall–Kier alpha value is -3.76. The number of piperidine rings is 1. The molecule has 47 heavy (non-hydrogen) atoms. The molecule has 1 aliphatic heterocycles. The van der Waals surface area contributed by atoms with Crippen LogP contribution in [0.5, 0.6) is 0 Å². The maximum absolute atomic E-state index is 14.3. The van der Waals surface area contributed by atoms with Crippen LogP contribution in [0.3, 0.4) is 0 Å². The lowest BCUT2D eigenvalue weighted by atomic mass is 9.84. The molecule has 2 saturated carbocycles. The number of carbonyl (C=O) groups excluding carboxylic acids is 6. The third-order valence-corrected chi connectivity index (χ3v) is 10.8. The Bertz CT molecular complexity index is 1400. The topological polar surface area (TPSA) is 165 Å². The largest absolute Gasteiger partial charge is 0.459 e. The number of nitrogens with one attached hydrogen (secondary N) is 2. The number of carbonyl (C=O) groups is 6. The van der Waals surface area contributed by atoms with Gasteiger partial charge in [-0.25, -0.2) is 9.59 Å². The number of fused-ring (bicyclic) bond motifs is 1. The number of Topliss-reactive ketones (excluding diaryl/α,β-unsaturated/α-hetero) is 2. The number of hydrogen-bond acceptors (Lipinski definition) is 7. The fourth-order valence-corrected chi connectivity index (χ4v) is 7.01. The highest BCUT2D eigenvalue weighted by atomic mass is 16.5. The Balaban J connectivity index is 1.51. The van der Waals surface area contributed by atoms with Crippen molar-refractivity contribution in [2.45, 2.75) is 105 Å². The lowest BCUT2D eigenvalue weighted by Crippen LogP contribution is -2.64. The summed E-state index contributed by atoms with van der Waals surface area (Å²) in [5, 5.41) is 5.59. The molecule has 11 nitrogen and oxygen atoms in total. The lowest BCUT2D eigenvalue weighted by Gasteiger charge is -2.39. The van der Waals surface area contributed by atoms with Gasteiger partial charge in [-0.05, 0) is 53.4 Å². The first-order valence-corrected chi connectivity index (χ1v) is 16.8. The van der Waals surface area contributed by atoms with Crippen LogP contribution < -0.4 is 16.4 Å². The number of nitrogens with zero attached hydrogens (tertiary/aromatic N) is 1. The molecule has 4 N–H and O–H groups in total. The van der Waals surface area contributed by atoms with Gasteiger partial charge in [-0.1, -0.05) is 91.6 Å². The maximum atomic E-state index is 14.3. The first-order chi connectivity index (χ1) is 21.8. The van der Waals surface area contributed by atoms with Gasteiger partial charge >= 0.3 is 12.0 Å². The fourth-order valence-electron chi connectivity index (χ4n) is 7.01. The van der Waals surface area contributed by atoms with E-state index >= 15 is 0 Å². The predicted molar refractivity (Wildman–Crippen MR) is 175 cm³/mol. The highest BCUT2D eigenvalue weighted by molar-refractivity contribution is 6.36. The van der Waals surface area contributed by atoms with Gasteiger partial charge in [0.25, 0.3) is 5.91 Å². The van der Waals surface area contributed by atoms with Gasteiger partial charge in [-0.2, -0.15) is 0 Å². The van der Waals surface area contributed by atoms with Crippen LogP contribution in [0.15, 0.2) is 30.3 Å². The molecule has 4 rings (SSSR count). The molecule has 11 heteroatoms. The van der Waals surface area contributed by atoms with Gasteiger partial charge in [0.1, 0.15) is 18.2 Å². The molecule has 1 heterocycles. The summed E-state index contributed by atoms with van der Waals surface area (Å²) in [4.78, 5) is 81.2. The molecule has 0 bridgehead atoms. The summed E-state index contributed by atoms with van der Waals surface area (Å²) in [6.07, 6.45) is 2.17. The van der Waals surface area contributed by atoms with Crippen LogP contribution >= 0.6 is 0 Å². The van der Waals surface area contributed by atoms with Crippen molar-refractivity contribution in [3.63, 3.8) is 0 Å². The lowest BCUT2D eigenvalue weighted by molar-refractivity contribution is -0.153. The van der Waals surface area contributed by atoms with Crippen molar-refractivity contribution in [2.24, 2.45) is 46.2 Å². The van der Waals surface area contributed by atoms with E-state index < -0.39 is 58.6 Å². The summed E-state index contributed by atoms with van der Waals surface area (Å²) < 4.78 is 5.58. The molecular formula is C36H52N4O7. The fraction of sp³-hybridized carbons (Fsp3) is 0.667. The van der Waals surface area contributed by atoms with E-state index in [0.717, 1.165) is 18.4 Å². The van der Waals surface area contributed by atoms with Gasteiger partial charge in [0, 0.05) is 18.9 Å². The summed E-state index contributed by atoms with van der Waals surface area (Å²) in [7, 11) is 0. The summed E-state index contributed by atoms with van der Waals surface area (Å²) >= 11 is 0. The summed E-state index contributed by atoms with van der Waals surface area (Å²) in [5.74, 6) is -3.93. The smallest absolute Gasteiger partial charge is 0.332 e. The van der Waals surface area contributed by atoms with Gasteiger partial charge in [0.2, 0.25) is 11.7 Å². The summed E-state index contributed by atoms with van der Waals surface area (Å²) in [6.45, 7) is 15.2. The molecule has 4 amide bonds. The first-order valence-electron chi connectivity index (χ1n) is 16.8. The van der Waals surface area contributed by atoms with E-state index in [2.05, 4.69) is 24.5 Å². The van der Waals surface area contributed by atoms with E-state index in [1.54, 1.807) is 25.7 Å². The molecule has 3 aliphatic rings. The van der Waals surface area contributed by atoms with Crippen molar-refractivity contribution in [2.75, 3.05) is 6.54 Å². The van der Waals surface area contributed by atoms with Gasteiger partial charge in [0.15, 0.2) is 5.78 Å². The van der Waals surface area contributed by atoms with Crippen molar-refractivity contribution >= 4 is 35.4 Å². The van der Waals surface area contributed by atoms with Crippen LogP contribution in [0, 0.1) is 40.4 Å². The Labute approximate surface area is 278 Å². The zero-order valence-electron chi connectivity index (χ0n) is 29.1. The van der Waals surface area contributed by atoms with E-state index in [0.29, 0.717) is 18.9 Å². The summed E-state index contributed by atoms with van der Waals surface area (Å²) in [6, 6.07) is 6.69. The Morgan fingerprint density at radius 2 is 1.64 bits per heavy atom. The minimum absolute atomic E-state index is 0.0456. The number of urea groups is 1. The summed E-state index contributed by atoms with van der Waals surface area (Å²) in [5.41, 5.74) is 3.82. The van der Waals surface area contributed by atoms with E-state index in [-0.39, 0.29) is 42.0 Å². The second-order valence-corrected chi connectivity index (χ2v) is 16.0.